The van der Waals surface area contributed by atoms with Crippen LogP contribution in [0.15, 0.2) is 47.1 Å². The molecule has 1 unspecified atom stereocenters. The first-order chi connectivity index (χ1) is 9.91. The number of aliphatic hydroxyl groups excluding tert-OH is 1. The molecule has 0 aliphatic heterocycles. The molecular formula is C16H18ClNO3. The summed E-state index contributed by atoms with van der Waals surface area (Å²) in [4.78, 5) is 12.4. The van der Waals surface area contributed by atoms with Gasteiger partial charge in [-0.25, -0.2) is 0 Å². The van der Waals surface area contributed by atoms with E-state index in [0.29, 0.717) is 10.8 Å². The minimum absolute atomic E-state index is 0.0936. The Morgan fingerprint density at radius 2 is 2.14 bits per heavy atom. The summed E-state index contributed by atoms with van der Waals surface area (Å²) in [5, 5.41) is 13.2. The number of nitrogens with one attached hydrogen (secondary N) is 1. The van der Waals surface area contributed by atoms with Crippen LogP contribution in [0, 0.1) is 0 Å². The zero-order valence-corrected chi connectivity index (χ0v) is 12.7. The molecule has 0 radical (unpaired) electrons. The van der Waals surface area contributed by atoms with Crippen molar-refractivity contribution in [3.8, 4) is 0 Å². The topological polar surface area (TPSA) is 62.5 Å². The Morgan fingerprint density at radius 1 is 1.38 bits per heavy atom. The van der Waals surface area contributed by atoms with Crippen LogP contribution in [0.3, 0.4) is 0 Å². The van der Waals surface area contributed by atoms with E-state index < -0.39 is 11.5 Å². The maximum Gasteiger partial charge on any atom is 0.230 e. The van der Waals surface area contributed by atoms with Crippen molar-refractivity contribution in [2.75, 3.05) is 6.54 Å². The lowest BCUT2D eigenvalue weighted by Gasteiger charge is -2.25. The lowest BCUT2D eigenvalue weighted by Crippen LogP contribution is -2.41. The average Bonchev–Trinajstić information content (AvgIpc) is 2.98. The number of carbonyl (C=O) groups excluding carboxylic acids is 1. The maximum absolute atomic E-state index is 12.4. The van der Waals surface area contributed by atoms with Crippen molar-refractivity contribution in [2.45, 2.75) is 25.4 Å². The first-order valence-electron chi connectivity index (χ1n) is 6.67. The Morgan fingerprint density at radius 3 is 2.76 bits per heavy atom. The zero-order valence-electron chi connectivity index (χ0n) is 12.0. The van der Waals surface area contributed by atoms with Gasteiger partial charge in [-0.3, -0.25) is 4.79 Å². The maximum atomic E-state index is 12.4. The first kappa shape index (κ1) is 15.6. The largest absolute Gasteiger partial charge is 0.467 e. The minimum atomic E-state index is -0.862. The molecule has 1 heterocycles. The molecule has 2 aromatic rings. The van der Waals surface area contributed by atoms with E-state index in [2.05, 4.69) is 5.32 Å². The summed E-state index contributed by atoms with van der Waals surface area (Å²) in [5.74, 6) is 0.242. The van der Waals surface area contributed by atoms with Crippen LogP contribution in [-0.2, 0) is 10.2 Å². The molecule has 0 bridgehead atoms. The van der Waals surface area contributed by atoms with E-state index >= 15 is 0 Å². The predicted octanol–water partition coefficient (Wildman–Crippen LogP) is 3.06. The van der Waals surface area contributed by atoms with E-state index in [4.69, 9.17) is 16.0 Å². The Labute approximate surface area is 128 Å². The van der Waals surface area contributed by atoms with Crippen molar-refractivity contribution in [3.05, 3.63) is 59.0 Å². The predicted molar refractivity (Wildman–Crippen MR) is 81.2 cm³/mol. The number of halogens is 1. The van der Waals surface area contributed by atoms with E-state index in [1.807, 2.05) is 26.0 Å². The fourth-order valence-corrected chi connectivity index (χ4v) is 2.19. The number of hydrogen-bond acceptors (Lipinski definition) is 3. The number of carbonyl (C=O) groups is 1. The molecule has 1 aromatic carbocycles. The molecule has 0 spiro atoms. The fourth-order valence-electron chi connectivity index (χ4n) is 2.00. The second kappa shape index (κ2) is 6.33. The van der Waals surface area contributed by atoms with Crippen molar-refractivity contribution in [1.82, 2.24) is 5.32 Å². The van der Waals surface area contributed by atoms with Crippen LogP contribution >= 0.6 is 11.6 Å². The third kappa shape index (κ3) is 3.65. The van der Waals surface area contributed by atoms with Gasteiger partial charge in [0.2, 0.25) is 5.91 Å². The highest BCUT2D eigenvalue weighted by molar-refractivity contribution is 6.30. The SMILES string of the molecule is CC(C)(C(=O)NCC(O)c1ccco1)c1cccc(Cl)c1. The van der Waals surface area contributed by atoms with E-state index in [9.17, 15) is 9.90 Å². The van der Waals surface area contributed by atoms with Crippen LogP contribution in [0.1, 0.15) is 31.3 Å². The number of amides is 1. The molecule has 1 aromatic heterocycles. The normalized spacial score (nSPS) is 13.0. The van der Waals surface area contributed by atoms with Crippen molar-refractivity contribution < 1.29 is 14.3 Å². The monoisotopic (exact) mass is 307 g/mol. The smallest absolute Gasteiger partial charge is 0.230 e. The molecular weight excluding hydrogens is 290 g/mol. The van der Waals surface area contributed by atoms with Crippen LogP contribution < -0.4 is 5.32 Å². The molecule has 0 aliphatic rings. The number of furan rings is 1. The standard InChI is InChI=1S/C16H18ClNO3/c1-16(2,11-5-3-6-12(17)9-11)15(20)18-10-13(19)14-7-4-8-21-14/h3-9,13,19H,10H2,1-2H3,(H,18,20). The number of hydrogen-bond donors (Lipinski definition) is 2. The van der Waals surface area contributed by atoms with Gasteiger partial charge in [0, 0.05) is 5.02 Å². The fraction of sp³-hybridized carbons (Fsp3) is 0.312. The van der Waals surface area contributed by atoms with Crippen molar-refractivity contribution in [2.24, 2.45) is 0 Å². The van der Waals surface area contributed by atoms with Gasteiger partial charge in [-0.05, 0) is 43.7 Å². The first-order valence-corrected chi connectivity index (χ1v) is 7.05. The van der Waals surface area contributed by atoms with Gasteiger partial charge >= 0.3 is 0 Å². The third-order valence-electron chi connectivity index (χ3n) is 3.44. The zero-order chi connectivity index (χ0) is 15.5. The quantitative estimate of drug-likeness (QED) is 0.892. The van der Waals surface area contributed by atoms with Gasteiger partial charge in [0.05, 0.1) is 18.2 Å². The second-order valence-corrected chi connectivity index (χ2v) is 5.81. The second-order valence-electron chi connectivity index (χ2n) is 5.38. The Kier molecular flexibility index (Phi) is 4.70. The van der Waals surface area contributed by atoms with Gasteiger partial charge in [0.1, 0.15) is 11.9 Å². The molecule has 0 saturated carbocycles. The molecule has 21 heavy (non-hydrogen) atoms. The van der Waals surface area contributed by atoms with Crippen molar-refractivity contribution >= 4 is 17.5 Å². The van der Waals surface area contributed by atoms with E-state index in [-0.39, 0.29) is 12.5 Å². The van der Waals surface area contributed by atoms with Crippen molar-refractivity contribution in [3.63, 3.8) is 0 Å². The Balaban J connectivity index is 2.02. The summed E-state index contributed by atoms with van der Waals surface area (Å²) in [6.07, 6.45) is 0.620. The number of rotatable bonds is 5. The summed E-state index contributed by atoms with van der Waals surface area (Å²) in [5.41, 5.74) is 0.0772. The molecule has 1 atom stereocenters. The molecule has 4 nitrogen and oxygen atoms in total. The van der Waals surface area contributed by atoms with Crippen LogP contribution in [0.4, 0.5) is 0 Å². The Hall–Kier alpha value is -1.78. The van der Waals surface area contributed by atoms with Gasteiger partial charge in [-0.2, -0.15) is 0 Å². The van der Waals surface area contributed by atoms with Crippen LogP contribution in [0.2, 0.25) is 5.02 Å². The molecule has 0 fully saturated rings. The van der Waals surface area contributed by atoms with Gasteiger partial charge in [-0.15, -0.1) is 0 Å². The van der Waals surface area contributed by atoms with Gasteiger partial charge < -0.3 is 14.8 Å². The Bertz CT molecular complexity index is 608. The molecule has 0 saturated heterocycles. The van der Waals surface area contributed by atoms with Gasteiger partial charge in [-0.1, -0.05) is 23.7 Å². The third-order valence-corrected chi connectivity index (χ3v) is 3.68. The lowest BCUT2D eigenvalue weighted by molar-refractivity contribution is -0.126. The summed E-state index contributed by atoms with van der Waals surface area (Å²) in [6.45, 7) is 3.72. The average molecular weight is 308 g/mol. The summed E-state index contributed by atoms with van der Waals surface area (Å²) >= 11 is 5.97. The summed E-state index contributed by atoms with van der Waals surface area (Å²) < 4.78 is 5.09. The molecule has 2 rings (SSSR count). The van der Waals surface area contributed by atoms with Gasteiger partial charge in [0.25, 0.3) is 0 Å². The highest BCUT2D eigenvalue weighted by Gasteiger charge is 2.30. The van der Waals surface area contributed by atoms with Crippen LogP contribution in [0.5, 0.6) is 0 Å². The number of benzene rings is 1. The summed E-state index contributed by atoms with van der Waals surface area (Å²) in [6, 6.07) is 10.6. The molecule has 2 N–H and O–H groups in total. The summed E-state index contributed by atoms with van der Waals surface area (Å²) in [7, 11) is 0. The van der Waals surface area contributed by atoms with Crippen LogP contribution in [0.25, 0.3) is 0 Å². The van der Waals surface area contributed by atoms with Crippen molar-refractivity contribution in [1.29, 1.82) is 0 Å². The van der Waals surface area contributed by atoms with Gasteiger partial charge in [0.15, 0.2) is 0 Å². The molecule has 1 amide bonds. The molecule has 112 valence electrons. The number of aliphatic hydroxyl groups is 1. The molecule has 0 aliphatic carbocycles. The van der Waals surface area contributed by atoms with E-state index in [0.717, 1.165) is 5.56 Å². The van der Waals surface area contributed by atoms with E-state index in [1.54, 1.807) is 24.3 Å². The lowest BCUT2D eigenvalue weighted by atomic mass is 9.83. The highest BCUT2D eigenvalue weighted by Crippen LogP contribution is 2.26. The van der Waals surface area contributed by atoms with E-state index in [1.165, 1.54) is 6.26 Å². The van der Waals surface area contributed by atoms with Crippen LogP contribution in [-0.4, -0.2) is 17.6 Å². The minimum Gasteiger partial charge on any atom is -0.467 e. The highest BCUT2D eigenvalue weighted by atomic mass is 35.5. The molecule has 5 heteroatoms.